The molecule has 17 heavy (non-hydrogen) atoms. The quantitative estimate of drug-likeness (QED) is 0.846. The predicted molar refractivity (Wildman–Crippen MR) is 69.8 cm³/mol. The van der Waals surface area contributed by atoms with Crippen LogP contribution < -0.4 is 5.32 Å². The summed E-state index contributed by atoms with van der Waals surface area (Å²) >= 11 is 0. The number of nitrogens with one attached hydrogen (secondary N) is 1. The molecule has 1 atom stereocenters. The molecule has 0 spiro atoms. The van der Waals surface area contributed by atoms with Crippen LogP contribution in [0.2, 0.25) is 0 Å². The van der Waals surface area contributed by atoms with Crippen LogP contribution in [0.25, 0.3) is 0 Å². The molecular weight excluding hydrogens is 210 g/mol. The van der Waals surface area contributed by atoms with Gasteiger partial charge in [-0.25, -0.2) is 0 Å². The van der Waals surface area contributed by atoms with Crippen LogP contribution in [0.5, 0.6) is 0 Å². The molecule has 1 N–H and O–H groups in total. The van der Waals surface area contributed by atoms with Gasteiger partial charge >= 0.3 is 0 Å². The molecule has 1 aliphatic rings. The molecule has 3 nitrogen and oxygen atoms in total. The Kier molecular flexibility index (Phi) is 3.65. The molecule has 1 fully saturated rings. The van der Waals surface area contributed by atoms with E-state index < -0.39 is 5.54 Å². The molecule has 0 amide bonds. The molecule has 1 saturated heterocycles. The maximum Gasteiger partial charge on any atom is 0.126 e. The first-order valence-electron chi connectivity index (χ1n) is 6.17. The number of hydrogen-bond donors (Lipinski definition) is 1. The first-order valence-corrected chi connectivity index (χ1v) is 6.17. The molecule has 2 rings (SSSR count). The molecule has 1 aromatic rings. The van der Waals surface area contributed by atoms with E-state index in [4.69, 9.17) is 0 Å². The van der Waals surface area contributed by atoms with E-state index in [1.165, 1.54) is 0 Å². The highest BCUT2D eigenvalue weighted by Gasteiger charge is 2.31. The molecule has 0 radical (unpaired) electrons. The van der Waals surface area contributed by atoms with E-state index in [9.17, 15) is 5.26 Å². The summed E-state index contributed by atoms with van der Waals surface area (Å²) in [4.78, 5) is 2.30. The summed E-state index contributed by atoms with van der Waals surface area (Å²) in [6, 6.07) is 12.5. The van der Waals surface area contributed by atoms with E-state index in [0.29, 0.717) is 0 Å². The summed E-state index contributed by atoms with van der Waals surface area (Å²) in [7, 11) is 2.12. The molecule has 1 aliphatic heterocycles. The van der Waals surface area contributed by atoms with Gasteiger partial charge in [-0.05, 0) is 45.0 Å². The van der Waals surface area contributed by atoms with Crippen molar-refractivity contribution in [2.24, 2.45) is 0 Å². The first-order chi connectivity index (χ1) is 8.24. The summed E-state index contributed by atoms with van der Waals surface area (Å²) in [6.45, 7) is 2.06. The van der Waals surface area contributed by atoms with Crippen molar-refractivity contribution in [2.45, 2.75) is 24.8 Å². The monoisotopic (exact) mass is 229 g/mol. The zero-order valence-corrected chi connectivity index (χ0v) is 10.3. The fraction of sp³-hybridized carbons (Fsp3) is 0.500. The van der Waals surface area contributed by atoms with Gasteiger partial charge in [-0.3, -0.25) is 0 Å². The summed E-state index contributed by atoms with van der Waals surface area (Å²) < 4.78 is 0. The first kappa shape index (κ1) is 11.9. The second-order valence-electron chi connectivity index (χ2n) is 4.84. The van der Waals surface area contributed by atoms with E-state index in [-0.39, 0.29) is 0 Å². The van der Waals surface area contributed by atoms with Crippen molar-refractivity contribution in [3.63, 3.8) is 0 Å². The Balaban J connectivity index is 2.12. The molecular formula is C14H19N3. The Hall–Kier alpha value is -1.53. The molecule has 3 heteroatoms. The van der Waals surface area contributed by atoms with Crippen LogP contribution in [0.15, 0.2) is 30.3 Å². The maximum atomic E-state index is 9.48. The fourth-order valence-electron chi connectivity index (χ4n) is 2.33. The maximum absolute atomic E-state index is 9.48. The Bertz CT molecular complexity index is 396. The zero-order chi connectivity index (χ0) is 12.1. The Morgan fingerprint density at radius 3 is 2.71 bits per heavy atom. The number of para-hydroxylation sites is 1. The van der Waals surface area contributed by atoms with E-state index >= 15 is 0 Å². The van der Waals surface area contributed by atoms with Crippen LogP contribution in [0.4, 0.5) is 5.69 Å². The van der Waals surface area contributed by atoms with Crippen LogP contribution in [0.1, 0.15) is 19.3 Å². The van der Waals surface area contributed by atoms with Crippen molar-refractivity contribution in [1.29, 1.82) is 5.26 Å². The van der Waals surface area contributed by atoms with E-state index in [0.717, 1.165) is 38.0 Å². The lowest BCUT2D eigenvalue weighted by Gasteiger charge is -2.27. The lowest BCUT2D eigenvalue weighted by molar-refractivity contribution is 0.345. The van der Waals surface area contributed by atoms with Crippen molar-refractivity contribution in [1.82, 2.24) is 4.90 Å². The summed E-state index contributed by atoms with van der Waals surface area (Å²) in [6.07, 6.45) is 2.88. The van der Waals surface area contributed by atoms with Crippen LogP contribution in [0.3, 0.4) is 0 Å². The van der Waals surface area contributed by atoms with Gasteiger partial charge in [0.1, 0.15) is 5.54 Å². The largest absolute Gasteiger partial charge is 0.367 e. The predicted octanol–water partition coefficient (Wildman–Crippen LogP) is 2.48. The average molecular weight is 229 g/mol. The minimum absolute atomic E-state index is 0.397. The fourth-order valence-corrected chi connectivity index (χ4v) is 2.33. The minimum Gasteiger partial charge on any atom is -0.367 e. The lowest BCUT2D eigenvalue weighted by Crippen LogP contribution is -2.37. The van der Waals surface area contributed by atoms with Crippen molar-refractivity contribution in [2.75, 3.05) is 25.5 Å². The third-order valence-electron chi connectivity index (χ3n) is 3.44. The Morgan fingerprint density at radius 1 is 1.24 bits per heavy atom. The van der Waals surface area contributed by atoms with Crippen LogP contribution in [-0.4, -0.2) is 30.6 Å². The van der Waals surface area contributed by atoms with Crippen LogP contribution >= 0.6 is 0 Å². The lowest BCUT2D eigenvalue weighted by atomic mass is 9.92. The highest BCUT2D eigenvalue weighted by molar-refractivity contribution is 5.47. The van der Waals surface area contributed by atoms with Crippen molar-refractivity contribution in [3.05, 3.63) is 30.3 Å². The van der Waals surface area contributed by atoms with Gasteiger partial charge in [0.05, 0.1) is 6.07 Å². The highest BCUT2D eigenvalue weighted by Crippen LogP contribution is 2.26. The number of anilines is 1. The third kappa shape index (κ3) is 2.98. The number of benzene rings is 1. The van der Waals surface area contributed by atoms with Crippen molar-refractivity contribution < 1.29 is 0 Å². The SMILES string of the molecule is CN1CCCC(C#N)(Nc2ccccc2)CC1. The molecule has 0 aliphatic carbocycles. The van der Waals surface area contributed by atoms with E-state index in [1.54, 1.807) is 0 Å². The van der Waals surface area contributed by atoms with Gasteiger partial charge in [-0.2, -0.15) is 5.26 Å². The third-order valence-corrected chi connectivity index (χ3v) is 3.44. The molecule has 0 saturated carbocycles. The van der Waals surface area contributed by atoms with Gasteiger partial charge < -0.3 is 10.2 Å². The Labute approximate surface area is 103 Å². The van der Waals surface area contributed by atoms with Crippen LogP contribution in [-0.2, 0) is 0 Å². The number of likely N-dealkylation sites (tertiary alicyclic amines) is 1. The number of hydrogen-bond acceptors (Lipinski definition) is 3. The molecule has 0 aromatic heterocycles. The second kappa shape index (κ2) is 5.20. The van der Waals surface area contributed by atoms with Crippen LogP contribution in [0, 0.1) is 11.3 Å². The standard InChI is InChI=1S/C14H19N3/c1-17-10-5-8-14(12-15,9-11-17)16-13-6-3-2-4-7-13/h2-4,6-7,16H,5,8-11H2,1H3. The van der Waals surface area contributed by atoms with Crippen molar-refractivity contribution >= 4 is 5.69 Å². The topological polar surface area (TPSA) is 39.1 Å². The smallest absolute Gasteiger partial charge is 0.126 e. The minimum atomic E-state index is -0.397. The molecule has 1 aromatic carbocycles. The highest BCUT2D eigenvalue weighted by atomic mass is 15.1. The molecule has 1 unspecified atom stereocenters. The van der Waals surface area contributed by atoms with E-state index in [2.05, 4.69) is 23.3 Å². The van der Waals surface area contributed by atoms with Gasteiger partial charge in [0, 0.05) is 12.2 Å². The summed E-state index contributed by atoms with van der Waals surface area (Å²) in [5, 5.41) is 12.9. The number of nitrogens with zero attached hydrogens (tertiary/aromatic N) is 2. The number of nitriles is 1. The molecule has 1 heterocycles. The zero-order valence-electron chi connectivity index (χ0n) is 10.3. The van der Waals surface area contributed by atoms with E-state index in [1.807, 2.05) is 30.3 Å². The van der Waals surface area contributed by atoms with Gasteiger partial charge in [0.15, 0.2) is 0 Å². The van der Waals surface area contributed by atoms with Gasteiger partial charge in [-0.1, -0.05) is 18.2 Å². The molecule has 0 bridgehead atoms. The van der Waals surface area contributed by atoms with Crippen molar-refractivity contribution in [3.8, 4) is 6.07 Å². The normalized spacial score (nSPS) is 25.9. The summed E-state index contributed by atoms with van der Waals surface area (Å²) in [5.74, 6) is 0. The van der Waals surface area contributed by atoms with Gasteiger partial charge in [0.25, 0.3) is 0 Å². The second-order valence-corrected chi connectivity index (χ2v) is 4.84. The van der Waals surface area contributed by atoms with Gasteiger partial charge in [0.2, 0.25) is 0 Å². The number of rotatable bonds is 2. The molecule has 90 valence electrons. The average Bonchev–Trinajstić information content (AvgIpc) is 2.54. The van der Waals surface area contributed by atoms with Gasteiger partial charge in [-0.15, -0.1) is 0 Å². The summed E-state index contributed by atoms with van der Waals surface area (Å²) in [5.41, 5.74) is 0.644. The Morgan fingerprint density at radius 2 is 2.00 bits per heavy atom.